The molecule has 0 aliphatic heterocycles. The molecule has 3 nitrogen and oxygen atoms in total. The van der Waals surface area contributed by atoms with Gasteiger partial charge < -0.3 is 4.74 Å². The number of ketones is 2. The molecule has 0 amide bonds. The third-order valence-electron chi connectivity index (χ3n) is 4.53. The molecule has 1 aliphatic rings. The molecule has 0 N–H and O–H groups in total. The third kappa shape index (κ3) is 3.67. The molecule has 1 aliphatic carbocycles. The number of hydrogen-bond donors (Lipinski definition) is 0. The average molecular weight is 312 g/mol. The molecule has 0 aromatic heterocycles. The van der Waals surface area contributed by atoms with E-state index < -0.39 is 5.60 Å². The van der Waals surface area contributed by atoms with Crippen molar-refractivity contribution in [2.24, 2.45) is 5.41 Å². The minimum atomic E-state index is -0.416. The molecule has 3 heteroatoms. The quantitative estimate of drug-likeness (QED) is 0.606. The van der Waals surface area contributed by atoms with Crippen LogP contribution in [-0.4, -0.2) is 24.3 Å². The Morgan fingerprint density at radius 3 is 2.26 bits per heavy atom. The molecular weight excluding hydrogens is 288 g/mol. The second kappa shape index (κ2) is 6.63. The molecule has 0 bridgehead atoms. The van der Waals surface area contributed by atoms with Crippen molar-refractivity contribution >= 4 is 11.6 Å². The molecule has 23 heavy (non-hydrogen) atoms. The number of ether oxygens (including phenoxy) is 1. The van der Waals surface area contributed by atoms with Gasteiger partial charge in [0, 0.05) is 18.2 Å². The standard InChI is InChI=1S/C20H24O3/c1-19(2,3)20(23-4)12-10-16(11-13-20)18(22)14-17(21)15-8-6-5-7-9-15/h5-12H,13-14H2,1-4H3. The zero-order valence-corrected chi connectivity index (χ0v) is 14.3. The van der Waals surface area contributed by atoms with E-state index in [9.17, 15) is 9.59 Å². The summed E-state index contributed by atoms with van der Waals surface area (Å²) in [5.74, 6) is -0.294. The van der Waals surface area contributed by atoms with Crippen LogP contribution in [0.15, 0.2) is 54.1 Å². The van der Waals surface area contributed by atoms with Gasteiger partial charge >= 0.3 is 0 Å². The normalized spacial score (nSPS) is 21.0. The van der Waals surface area contributed by atoms with Crippen molar-refractivity contribution in [1.29, 1.82) is 0 Å². The van der Waals surface area contributed by atoms with Crippen LogP contribution in [0.25, 0.3) is 0 Å². The van der Waals surface area contributed by atoms with Gasteiger partial charge in [-0.25, -0.2) is 0 Å². The van der Waals surface area contributed by atoms with E-state index >= 15 is 0 Å². The molecule has 1 aromatic carbocycles. The zero-order valence-electron chi connectivity index (χ0n) is 14.3. The molecule has 0 heterocycles. The molecule has 0 fully saturated rings. The van der Waals surface area contributed by atoms with Crippen molar-refractivity contribution in [3.8, 4) is 0 Å². The van der Waals surface area contributed by atoms with Crippen LogP contribution < -0.4 is 0 Å². The van der Waals surface area contributed by atoms with E-state index in [-0.39, 0.29) is 23.4 Å². The van der Waals surface area contributed by atoms with Gasteiger partial charge in [-0.2, -0.15) is 0 Å². The summed E-state index contributed by atoms with van der Waals surface area (Å²) in [6.45, 7) is 6.33. The number of rotatable bonds is 5. The first-order valence-electron chi connectivity index (χ1n) is 7.85. The average Bonchev–Trinajstić information content (AvgIpc) is 2.54. The van der Waals surface area contributed by atoms with Crippen molar-refractivity contribution in [3.05, 3.63) is 59.7 Å². The van der Waals surface area contributed by atoms with E-state index in [1.54, 1.807) is 37.5 Å². The number of allylic oxidation sites excluding steroid dienone is 2. The minimum absolute atomic E-state index is 0.0802. The fourth-order valence-electron chi connectivity index (χ4n) is 2.82. The lowest BCUT2D eigenvalue weighted by Gasteiger charge is -2.42. The summed E-state index contributed by atoms with van der Waals surface area (Å²) in [4.78, 5) is 24.5. The highest BCUT2D eigenvalue weighted by Crippen LogP contribution is 2.40. The molecule has 1 aromatic rings. The first kappa shape index (κ1) is 17.4. The Labute approximate surface area is 138 Å². The topological polar surface area (TPSA) is 43.4 Å². The molecule has 0 saturated heterocycles. The highest BCUT2D eigenvalue weighted by molar-refractivity contribution is 6.14. The summed E-state index contributed by atoms with van der Waals surface area (Å²) < 4.78 is 5.71. The fourth-order valence-corrected chi connectivity index (χ4v) is 2.82. The number of carbonyl (C=O) groups excluding carboxylic acids is 2. The van der Waals surface area contributed by atoms with Gasteiger partial charge in [0.2, 0.25) is 0 Å². The fraction of sp³-hybridized carbons (Fsp3) is 0.400. The molecule has 1 atom stereocenters. The number of methoxy groups -OCH3 is 1. The molecule has 122 valence electrons. The number of carbonyl (C=O) groups is 2. The lowest BCUT2D eigenvalue weighted by Crippen LogP contribution is -2.43. The van der Waals surface area contributed by atoms with Crippen LogP contribution in [0, 0.1) is 5.41 Å². The smallest absolute Gasteiger partial charge is 0.170 e. The number of benzene rings is 1. The summed E-state index contributed by atoms with van der Waals surface area (Å²) in [5, 5.41) is 0. The predicted octanol–water partition coefficient (Wildman–Crippen LogP) is 4.15. The maximum Gasteiger partial charge on any atom is 0.170 e. The van der Waals surface area contributed by atoms with Gasteiger partial charge in [0.25, 0.3) is 0 Å². The van der Waals surface area contributed by atoms with E-state index in [0.717, 1.165) is 0 Å². The summed E-state index contributed by atoms with van der Waals surface area (Å²) in [6.07, 6.45) is 6.15. The van der Waals surface area contributed by atoms with Crippen LogP contribution in [-0.2, 0) is 9.53 Å². The van der Waals surface area contributed by atoms with Crippen LogP contribution in [0.1, 0.15) is 44.0 Å². The van der Waals surface area contributed by atoms with Gasteiger partial charge in [-0.1, -0.05) is 69.3 Å². The highest BCUT2D eigenvalue weighted by atomic mass is 16.5. The van der Waals surface area contributed by atoms with Crippen molar-refractivity contribution in [2.75, 3.05) is 7.11 Å². The first-order chi connectivity index (χ1) is 10.8. The monoisotopic (exact) mass is 312 g/mol. The van der Waals surface area contributed by atoms with E-state index in [0.29, 0.717) is 17.6 Å². The maximum atomic E-state index is 12.3. The SMILES string of the molecule is COC1(C(C)(C)C)C=CC(C(=O)CC(=O)c2ccccc2)=CC1. The van der Waals surface area contributed by atoms with Gasteiger partial charge in [0.15, 0.2) is 11.6 Å². The van der Waals surface area contributed by atoms with Crippen LogP contribution in [0.2, 0.25) is 0 Å². The second-order valence-corrected chi connectivity index (χ2v) is 6.93. The lowest BCUT2D eigenvalue weighted by atomic mass is 9.71. The second-order valence-electron chi connectivity index (χ2n) is 6.93. The molecule has 0 radical (unpaired) electrons. The molecular formula is C20H24O3. The van der Waals surface area contributed by atoms with Crippen molar-refractivity contribution in [1.82, 2.24) is 0 Å². The molecule has 1 unspecified atom stereocenters. The summed E-state index contributed by atoms with van der Waals surface area (Å²) >= 11 is 0. The van der Waals surface area contributed by atoms with E-state index in [4.69, 9.17) is 4.74 Å². The Morgan fingerprint density at radius 2 is 1.78 bits per heavy atom. The van der Waals surface area contributed by atoms with E-state index in [1.165, 1.54) is 0 Å². The number of hydrogen-bond acceptors (Lipinski definition) is 3. The van der Waals surface area contributed by atoms with Gasteiger partial charge in [0.1, 0.15) is 0 Å². The predicted molar refractivity (Wildman–Crippen MR) is 91.4 cm³/mol. The van der Waals surface area contributed by atoms with Crippen molar-refractivity contribution < 1.29 is 14.3 Å². The molecule has 0 saturated carbocycles. The van der Waals surface area contributed by atoms with E-state index in [2.05, 4.69) is 20.8 Å². The lowest BCUT2D eigenvalue weighted by molar-refractivity contribution is -0.114. The molecule has 0 spiro atoms. The maximum absolute atomic E-state index is 12.3. The van der Waals surface area contributed by atoms with Gasteiger partial charge in [0.05, 0.1) is 12.0 Å². The van der Waals surface area contributed by atoms with Crippen LogP contribution >= 0.6 is 0 Å². The Morgan fingerprint density at radius 1 is 1.13 bits per heavy atom. The van der Waals surface area contributed by atoms with Crippen LogP contribution in [0.5, 0.6) is 0 Å². The van der Waals surface area contributed by atoms with E-state index in [1.807, 2.05) is 18.2 Å². The van der Waals surface area contributed by atoms with Crippen molar-refractivity contribution in [2.45, 2.75) is 39.2 Å². The Bertz CT molecular complexity index is 647. The van der Waals surface area contributed by atoms with Crippen LogP contribution in [0.3, 0.4) is 0 Å². The Balaban J connectivity index is 2.07. The Kier molecular flexibility index (Phi) is 5.00. The summed E-state index contributed by atoms with van der Waals surface area (Å²) in [6, 6.07) is 8.91. The first-order valence-corrected chi connectivity index (χ1v) is 7.85. The third-order valence-corrected chi connectivity index (χ3v) is 4.53. The Hall–Kier alpha value is -2.00. The summed E-state index contributed by atoms with van der Waals surface area (Å²) in [7, 11) is 1.69. The zero-order chi connectivity index (χ0) is 17.1. The van der Waals surface area contributed by atoms with Crippen molar-refractivity contribution in [3.63, 3.8) is 0 Å². The minimum Gasteiger partial charge on any atom is -0.373 e. The highest BCUT2D eigenvalue weighted by Gasteiger charge is 2.40. The largest absolute Gasteiger partial charge is 0.373 e. The van der Waals surface area contributed by atoms with Gasteiger partial charge in [-0.05, 0) is 11.8 Å². The van der Waals surface area contributed by atoms with Gasteiger partial charge in [-0.3, -0.25) is 9.59 Å². The number of Topliss-reactive ketones (excluding diaryl/α,β-unsaturated/α-hetero) is 2. The van der Waals surface area contributed by atoms with Crippen LogP contribution in [0.4, 0.5) is 0 Å². The van der Waals surface area contributed by atoms with Gasteiger partial charge in [-0.15, -0.1) is 0 Å². The summed E-state index contributed by atoms with van der Waals surface area (Å²) in [5.41, 5.74) is 0.664. The molecule has 2 rings (SSSR count).